The van der Waals surface area contributed by atoms with Crippen LogP contribution in [0.25, 0.3) is 10.9 Å². The van der Waals surface area contributed by atoms with Gasteiger partial charge in [0, 0.05) is 22.9 Å². The first-order chi connectivity index (χ1) is 11.8. The van der Waals surface area contributed by atoms with Gasteiger partial charge in [-0.1, -0.05) is 46.3 Å². The standard InChI is InChI=1S/C21H21BrN2/c22-19-7-8-20-18(15-19)6-9-21(23-20)24-12-10-17(11-13-24)14-16-4-2-1-3-5-16/h1-9,15,17H,10-14H2. The third-order valence-electron chi connectivity index (χ3n) is 4.94. The Morgan fingerprint density at radius 3 is 2.54 bits per heavy atom. The topological polar surface area (TPSA) is 16.1 Å². The van der Waals surface area contributed by atoms with Crippen molar-refractivity contribution in [2.45, 2.75) is 19.3 Å². The summed E-state index contributed by atoms with van der Waals surface area (Å²) >= 11 is 3.52. The van der Waals surface area contributed by atoms with Gasteiger partial charge in [0.15, 0.2) is 0 Å². The summed E-state index contributed by atoms with van der Waals surface area (Å²) in [6.45, 7) is 2.21. The van der Waals surface area contributed by atoms with Crippen LogP contribution in [0.5, 0.6) is 0 Å². The highest BCUT2D eigenvalue weighted by molar-refractivity contribution is 9.10. The molecule has 0 atom stereocenters. The fraction of sp³-hybridized carbons (Fsp3) is 0.286. The molecule has 3 heteroatoms. The average Bonchev–Trinajstić information content (AvgIpc) is 2.63. The van der Waals surface area contributed by atoms with E-state index in [1.165, 1.54) is 30.2 Å². The molecule has 1 saturated heterocycles. The molecule has 2 heterocycles. The number of pyridine rings is 1. The van der Waals surface area contributed by atoms with E-state index in [1.807, 2.05) is 0 Å². The molecule has 122 valence electrons. The summed E-state index contributed by atoms with van der Waals surface area (Å²) in [5.74, 6) is 1.91. The first-order valence-electron chi connectivity index (χ1n) is 8.63. The van der Waals surface area contributed by atoms with Gasteiger partial charge in [-0.25, -0.2) is 4.98 Å². The summed E-state index contributed by atoms with van der Waals surface area (Å²) in [6, 6.07) is 21.5. The van der Waals surface area contributed by atoms with Crippen LogP contribution < -0.4 is 4.90 Å². The minimum absolute atomic E-state index is 0.792. The monoisotopic (exact) mass is 380 g/mol. The zero-order chi connectivity index (χ0) is 16.4. The van der Waals surface area contributed by atoms with Crippen molar-refractivity contribution >= 4 is 32.7 Å². The van der Waals surface area contributed by atoms with Crippen molar-refractivity contribution < 1.29 is 0 Å². The molecule has 0 unspecified atom stereocenters. The Morgan fingerprint density at radius 2 is 1.75 bits per heavy atom. The van der Waals surface area contributed by atoms with E-state index >= 15 is 0 Å². The maximum absolute atomic E-state index is 4.85. The summed E-state index contributed by atoms with van der Waals surface area (Å²) in [4.78, 5) is 7.29. The largest absolute Gasteiger partial charge is 0.357 e. The van der Waals surface area contributed by atoms with E-state index in [2.05, 4.69) is 81.5 Å². The van der Waals surface area contributed by atoms with E-state index in [-0.39, 0.29) is 0 Å². The number of rotatable bonds is 3. The number of hydrogen-bond acceptors (Lipinski definition) is 2. The number of fused-ring (bicyclic) bond motifs is 1. The van der Waals surface area contributed by atoms with Crippen LogP contribution in [-0.2, 0) is 6.42 Å². The van der Waals surface area contributed by atoms with E-state index in [1.54, 1.807) is 0 Å². The molecule has 1 aliphatic rings. The molecular formula is C21H21BrN2. The number of halogens is 1. The summed E-state index contributed by atoms with van der Waals surface area (Å²) in [5.41, 5.74) is 2.53. The van der Waals surface area contributed by atoms with Crippen molar-refractivity contribution in [1.29, 1.82) is 0 Å². The Kier molecular flexibility index (Phi) is 4.52. The van der Waals surface area contributed by atoms with Crippen LogP contribution in [0.3, 0.4) is 0 Å². The predicted octanol–water partition coefficient (Wildman–Crippen LogP) is 5.46. The maximum atomic E-state index is 4.85. The average molecular weight is 381 g/mol. The molecule has 0 aliphatic carbocycles. The SMILES string of the molecule is Brc1ccc2nc(N3CCC(Cc4ccccc4)CC3)ccc2c1. The van der Waals surface area contributed by atoms with Gasteiger partial charge in [0.2, 0.25) is 0 Å². The normalized spacial score (nSPS) is 15.8. The molecule has 1 fully saturated rings. The molecule has 1 aromatic heterocycles. The second-order valence-electron chi connectivity index (χ2n) is 6.63. The molecular weight excluding hydrogens is 360 g/mol. The lowest BCUT2D eigenvalue weighted by Gasteiger charge is -2.33. The lowest BCUT2D eigenvalue weighted by molar-refractivity contribution is 0.402. The van der Waals surface area contributed by atoms with Crippen LogP contribution in [0.4, 0.5) is 5.82 Å². The summed E-state index contributed by atoms with van der Waals surface area (Å²) in [7, 11) is 0. The van der Waals surface area contributed by atoms with Gasteiger partial charge in [0.1, 0.15) is 5.82 Å². The lowest BCUT2D eigenvalue weighted by atomic mass is 9.90. The number of hydrogen-bond donors (Lipinski definition) is 0. The Bertz CT molecular complexity index is 824. The molecule has 0 amide bonds. The van der Waals surface area contributed by atoms with Crippen molar-refractivity contribution in [1.82, 2.24) is 4.98 Å². The van der Waals surface area contributed by atoms with Gasteiger partial charge in [-0.2, -0.15) is 0 Å². The van der Waals surface area contributed by atoms with Gasteiger partial charge in [0.05, 0.1) is 5.52 Å². The van der Waals surface area contributed by atoms with Crippen molar-refractivity contribution in [3.8, 4) is 0 Å². The van der Waals surface area contributed by atoms with Gasteiger partial charge in [-0.05, 0) is 61.1 Å². The molecule has 0 bridgehead atoms. The Balaban J connectivity index is 1.43. The van der Waals surface area contributed by atoms with Gasteiger partial charge >= 0.3 is 0 Å². The Morgan fingerprint density at radius 1 is 0.958 bits per heavy atom. The highest BCUT2D eigenvalue weighted by Crippen LogP contribution is 2.27. The number of piperidine rings is 1. The van der Waals surface area contributed by atoms with Crippen molar-refractivity contribution in [2.75, 3.05) is 18.0 Å². The fourth-order valence-corrected chi connectivity index (χ4v) is 3.95. The highest BCUT2D eigenvalue weighted by Gasteiger charge is 2.20. The van der Waals surface area contributed by atoms with Gasteiger partial charge in [0.25, 0.3) is 0 Å². The zero-order valence-electron chi connectivity index (χ0n) is 13.7. The number of nitrogens with zero attached hydrogens (tertiary/aromatic N) is 2. The van der Waals surface area contributed by atoms with Gasteiger partial charge in [-0.3, -0.25) is 0 Å². The molecule has 3 aromatic rings. The first-order valence-corrected chi connectivity index (χ1v) is 9.42. The smallest absolute Gasteiger partial charge is 0.129 e. The second kappa shape index (κ2) is 6.94. The van der Waals surface area contributed by atoms with E-state index in [0.29, 0.717) is 0 Å². The molecule has 1 aliphatic heterocycles. The second-order valence-corrected chi connectivity index (χ2v) is 7.54. The van der Waals surface area contributed by atoms with E-state index in [9.17, 15) is 0 Å². The minimum Gasteiger partial charge on any atom is -0.357 e. The van der Waals surface area contributed by atoms with Crippen molar-refractivity contribution in [3.63, 3.8) is 0 Å². The lowest BCUT2D eigenvalue weighted by Crippen LogP contribution is -2.34. The van der Waals surface area contributed by atoms with Crippen LogP contribution in [0.15, 0.2) is 65.1 Å². The number of aromatic nitrogens is 1. The Hall–Kier alpha value is -1.87. The number of anilines is 1. The number of benzene rings is 2. The van der Waals surface area contributed by atoms with E-state index in [0.717, 1.165) is 34.8 Å². The molecule has 4 rings (SSSR count). The molecule has 0 N–H and O–H groups in total. The zero-order valence-corrected chi connectivity index (χ0v) is 15.2. The Labute approximate surface area is 151 Å². The van der Waals surface area contributed by atoms with Gasteiger partial charge in [-0.15, -0.1) is 0 Å². The van der Waals surface area contributed by atoms with Crippen LogP contribution in [0.1, 0.15) is 18.4 Å². The maximum Gasteiger partial charge on any atom is 0.129 e. The van der Waals surface area contributed by atoms with E-state index in [4.69, 9.17) is 4.98 Å². The first kappa shape index (κ1) is 15.6. The molecule has 0 radical (unpaired) electrons. The summed E-state index contributed by atoms with van der Waals surface area (Å²) in [5, 5.41) is 1.19. The van der Waals surface area contributed by atoms with E-state index < -0.39 is 0 Å². The predicted molar refractivity (Wildman–Crippen MR) is 105 cm³/mol. The highest BCUT2D eigenvalue weighted by atomic mass is 79.9. The molecule has 0 saturated carbocycles. The molecule has 24 heavy (non-hydrogen) atoms. The van der Waals surface area contributed by atoms with Crippen molar-refractivity contribution in [2.24, 2.45) is 5.92 Å². The summed E-state index contributed by atoms with van der Waals surface area (Å²) in [6.07, 6.45) is 3.69. The summed E-state index contributed by atoms with van der Waals surface area (Å²) < 4.78 is 1.10. The van der Waals surface area contributed by atoms with Crippen LogP contribution in [0, 0.1) is 5.92 Å². The van der Waals surface area contributed by atoms with Crippen LogP contribution >= 0.6 is 15.9 Å². The third-order valence-corrected chi connectivity index (χ3v) is 5.44. The third kappa shape index (κ3) is 3.46. The quantitative estimate of drug-likeness (QED) is 0.599. The molecule has 0 spiro atoms. The van der Waals surface area contributed by atoms with Crippen LogP contribution in [0.2, 0.25) is 0 Å². The fourth-order valence-electron chi connectivity index (χ4n) is 3.58. The van der Waals surface area contributed by atoms with Crippen molar-refractivity contribution in [3.05, 3.63) is 70.7 Å². The minimum atomic E-state index is 0.792. The molecule has 2 nitrogen and oxygen atoms in total. The van der Waals surface area contributed by atoms with Crippen LogP contribution in [-0.4, -0.2) is 18.1 Å². The van der Waals surface area contributed by atoms with Gasteiger partial charge < -0.3 is 4.90 Å². The molecule has 2 aromatic carbocycles.